The topological polar surface area (TPSA) is 46.9 Å². The molecule has 0 bridgehead atoms. The molecule has 1 spiro atoms. The van der Waals surface area contributed by atoms with Crippen molar-refractivity contribution >= 4 is 0 Å². The highest BCUT2D eigenvalue weighted by molar-refractivity contribution is 5.38. The van der Waals surface area contributed by atoms with Crippen LogP contribution < -0.4 is 0 Å². The van der Waals surface area contributed by atoms with E-state index < -0.39 is 11.7 Å². The fourth-order valence-electron chi connectivity index (χ4n) is 10.0. The second-order valence-corrected chi connectivity index (χ2v) is 12.6. The standard InChI is InChI=1S/C26H44N2O2/c1-16-20(27(5)6)10-12-23(3)19-9-13-25-15-28(7)17(2)18(25)8-11-24(25,4)22(19)21(29)14-26(16,23)30/h16,19-22,29-30H,8-15H2,1-7H3. The lowest BCUT2D eigenvalue weighted by atomic mass is 9.38. The van der Waals surface area contributed by atoms with E-state index in [9.17, 15) is 10.2 Å². The second kappa shape index (κ2) is 6.26. The van der Waals surface area contributed by atoms with E-state index in [1.54, 1.807) is 5.57 Å². The molecule has 0 saturated heterocycles. The lowest BCUT2D eigenvalue weighted by Crippen LogP contribution is -2.72. The van der Waals surface area contributed by atoms with E-state index in [-0.39, 0.29) is 22.2 Å². The van der Waals surface area contributed by atoms with E-state index in [2.05, 4.69) is 58.6 Å². The number of rotatable bonds is 1. The average molecular weight is 417 g/mol. The van der Waals surface area contributed by atoms with Gasteiger partial charge in [0.15, 0.2) is 0 Å². The molecule has 0 aromatic heterocycles. The van der Waals surface area contributed by atoms with Crippen molar-refractivity contribution in [2.45, 2.75) is 90.4 Å². The molecule has 0 radical (unpaired) electrons. The minimum absolute atomic E-state index is 0.0978. The van der Waals surface area contributed by atoms with Crippen molar-refractivity contribution in [1.29, 1.82) is 0 Å². The molecule has 30 heavy (non-hydrogen) atoms. The van der Waals surface area contributed by atoms with Gasteiger partial charge in [-0.25, -0.2) is 0 Å². The van der Waals surface area contributed by atoms with Crippen LogP contribution in [0.15, 0.2) is 11.3 Å². The summed E-state index contributed by atoms with van der Waals surface area (Å²) < 4.78 is 0. The van der Waals surface area contributed by atoms with E-state index in [1.807, 2.05) is 0 Å². The Bertz CT molecular complexity index is 779. The molecule has 4 fully saturated rings. The predicted molar refractivity (Wildman–Crippen MR) is 121 cm³/mol. The number of allylic oxidation sites excluding steroid dienone is 1. The fourth-order valence-corrected chi connectivity index (χ4v) is 10.0. The van der Waals surface area contributed by atoms with E-state index in [1.165, 1.54) is 25.0 Å². The largest absolute Gasteiger partial charge is 0.393 e. The summed E-state index contributed by atoms with van der Waals surface area (Å²) in [6.07, 6.45) is 7.17. The number of hydrogen-bond donors (Lipinski definition) is 2. The van der Waals surface area contributed by atoms with Gasteiger partial charge in [0.05, 0.1) is 11.7 Å². The normalized spacial score (nSPS) is 55.4. The Hall–Kier alpha value is -0.580. The Morgan fingerprint density at radius 1 is 1.07 bits per heavy atom. The van der Waals surface area contributed by atoms with Gasteiger partial charge in [0.2, 0.25) is 0 Å². The SMILES string of the molecule is CC1=C2CCC3(C)C4C(O)CC5(O)C(C)C(N(C)C)CCC5(C)C4CCC23CN1C. The maximum Gasteiger partial charge on any atom is 0.0768 e. The molecule has 4 aliphatic carbocycles. The highest BCUT2D eigenvalue weighted by Crippen LogP contribution is 2.75. The highest BCUT2D eigenvalue weighted by atomic mass is 16.3. The molecule has 0 aromatic rings. The summed E-state index contributed by atoms with van der Waals surface area (Å²) in [5.74, 6) is 0.902. The Labute approximate surface area is 183 Å². The summed E-state index contributed by atoms with van der Waals surface area (Å²) in [6.45, 7) is 10.6. The molecule has 9 unspecified atom stereocenters. The van der Waals surface area contributed by atoms with Crippen molar-refractivity contribution in [2.24, 2.45) is 34.0 Å². The minimum atomic E-state index is -0.776. The van der Waals surface area contributed by atoms with Crippen molar-refractivity contribution in [3.8, 4) is 0 Å². The van der Waals surface area contributed by atoms with Crippen LogP contribution in [-0.4, -0.2) is 65.4 Å². The van der Waals surface area contributed by atoms with Crippen molar-refractivity contribution in [2.75, 3.05) is 27.7 Å². The Kier molecular flexibility index (Phi) is 4.44. The van der Waals surface area contributed by atoms with Gasteiger partial charge in [0.1, 0.15) is 0 Å². The molecular weight excluding hydrogens is 372 g/mol. The molecule has 4 nitrogen and oxygen atoms in total. The van der Waals surface area contributed by atoms with Gasteiger partial charge < -0.3 is 20.0 Å². The van der Waals surface area contributed by atoms with Crippen LogP contribution in [0.4, 0.5) is 0 Å². The summed E-state index contributed by atoms with van der Waals surface area (Å²) in [4.78, 5) is 4.77. The highest BCUT2D eigenvalue weighted by Gasteiger charge is 2.73. The summed E-state index contributed by atoms with van der Waals surface area (Å²) in [7, 11) is 6.54. The maximum atomic E-state index is 12.2. The van der Waals surface area contributed by atoms with Gasteiger partial charge in [-0.3, -0.25) is 0 Å². The summed E-state index contributed by atoms with van der Waals surface area (Å²) in [5.41, 5.74) is 2.69. The van der Waals surface area contributed by atoms with E-state index >= 15 is 0 Å². The smallest absolute Gasteiger partial charge is 0.0768 e. The van der Waals surface area contributed by atoms with Gasteiger partial charge in [-0.2, -0.15) is 0 Å². The van der Waals surface area contributed by atoms with Crippen molar-refractivity contribution in [3.63, 3.8) is 0 Å². The van der Waals surface area contributed by atoms with Gasteiger partial charge in [-0.05, 0) is 87.8 Å². The van der Waals surface area contributed by atoms with E-state index in [0.717, 1.165) is 25.8 Å². The number of fused-ring (bicyclic) bond motifs is 4. The van der Waals surface area contributed by atoms with Crippen LogP contribution in [0.5, 0.6) is 0 Å². The fraction of sp³-hybridized carbons (Fsp3) is 0.923. The molecule has 4 saturated carbocycles. The maximum absolute atomic E-state index is 12.2. The molecule has 1 heterocycles. The molecule has 5 rings (SSSR count). The first-order chi connectivity index (χ1) is 13.9. The molecular formula is C26H44N2O2. The Balaban J connectivity index is 1.57. The van der Waals surface area contributed by atoms with Gasteiger partial charge in [0.25, 0.3) is 0 Å². The monoisotopic (exact) mass is 416 g/mol. The molecule has 9 atom stereocenters. The number of aliphatic hydroxyl groups is 2. The predicted octanol–water partition coefficient (Wildman–Crippen LogP) is 3.88. The molecule has 2 N–H and O–H groups in total. The molecule has 4 heteroatoms. The van der Waals surface area contributed by atoms with Gasteiger partial charge in [-0.1, -0.05) is 20.8 Å². The average Bonchev–Trinajstić information content (AvgIpc) is 3.09. The first kappa shape index (κ1) is 21.3. The van der Waals surface area contributed by atoms with Crippen LogP contribution in [0.1, 0.15) is 72.6 Å². The number of aliphatic hydroxyl groups excluding tert-OH is 1. The van der Waals surface area contributed by atoms with Gasteiger partial charge in [-0.15, -0.1) is 0 Å². The minimum Gasteiger partial charge on any atom is -0.393 e. The lowest BCUT2D eigenvalue weighted by molar-refractivity contribution is -0.275. The van der Waals surface area contributed by atoms with E-state index in [4.69, 9.17) is 0 Å². The molecule has 1 aliphatic heterocycles. The first-order valence-electron chi connectivity index (χ1n) is 12.4. The van der Waals surface area contributed by atoms with Crippen LogP contribution >= 0.6 is 0 Å². The zero-order valence-corrected chi connectivity index (χ0v) is 20.3. The summed E-state index contributed by atoms with van der Waals surface area (Å²) in [5, 5.41) is 24.0. The molecule has 170 valence electrons. The van der Waals surface area contributed by atoms with Crippen molar-refractivity contribution in [3.05, 3.63) is 11.3 Å². The summed E-state index contributed by atoms with van der Waals surface area (Å²) >= 11 is 0. The lowest BCUT2D eigenvalue weighted by Gasteiger charge is -2.69. The molecule has 0 amide bonds. The molecule has 5 aliphatic rings. The third kappa shape index (κ3) is 2.19. The van der Waals surface area contributed by atoms with Crippen LogP contribution in [0.25, 0.3) is 0 Å². The first-order valence-corrected chi connectivity index (χ1v) is 12.4. The third-order valence-corrected chi connectivity index (χ3v) is 11.8. The van der Waals surface area contributed by atoms with Gasteiger partial charge >= 0.3 is 0 Å². The summed E-state index contributed by atoms with van der Waals surface area (Å²) in [6, 6.07) is 0.393. The zero-order valence-electron chi connectivity index (χ0n) is 20.3. The van der Waals surface area contributed by atoms with Crippen molar-refractivity contribution < 1.29 is 10.2 Å². The third-order valence-electron chi connectivity index (χ3n) is 11.8. The number of nitrogens with zero attached hydrogens (tertiary/aromatic N) is 2. The van der Waals surface area contributed by atoms with Crippen LogP contribution in [0, 0.1) is 34.0 Å². The molecule has 0 aromatic carbocycles. The number of hydrogen-bond acceptors (Lipinski definition) is 4. The van der Waals surface area contributed by atoms with Gasteiger partial charge in [0, 0.05) is 43.1 Å². The van der Waals surface area contributed by atoms with E-state index in [0.29, 0.717) is 24.3 Å². The van der Waals surface area contributed by atoms with Crippen molar-refractivity contribution in [1.82, 2.24) is 9.80 Å². The van der Waals surface area contributed by atoms with Crippen LogP contribution in [0.2, 0.25) is 0 Å². The second-order valence-electron chi connectivity index (χ2n) is 12.6. The zero-order chi connectivity index (χ0) is 21.9. The quantitative estimate of drug-likeness (QED) is 0.681. The van der Waals surface area contributed by atoms with Crippen LogP contribution in [0.3, 0.4) is 0 Å². The Morgan fingerprint density at radius 2 is 1.77 bits per heavy atom. The van der Waals surface area contributed by atoms with Crippen LogP contribution in [-0.2, 0) is 0 Å². The Morgan fingerprint density at radius 3 is 2.43 bits per heavy atom.